The highest BCUT2D eigenvalue weighted by atomic mass is 35.5. The van der Waals surface area contributed by atoms with Crippen LogP contribution >= 0.6 is 11.6 Å². The van der Waals surface area contributed by atoms with Gasteiger partial charge in [0.15, 0.2) is 5.82 Å². The lowest BCUT2D eigenvalue weighted by Gasteiger charge is -2.08. The number of ether oxygens (including phenoxy) is 1. The van der Waals surface area contributed by atoms with Crippen LogP contribution in [0, 0.1) is 5.82 Å². The number of rotatable bonds is 7. The standard InChI is InChI=1S/C18H17ClFN3O3S/c1-2-26-13-6-8-14(9-7-13)27(24,25)22-18-10-11-23(21-18)12-15-16(19)4-3-5-17(15)20/h3-11H,2,12H2,1H3,(H,21,22). The fourth-order valence-corrected chi connectivity index (χ4v) is 3.65. The van der Waals surface area contributed by atoms with Crippen LogP contribution in [-0.4, -0.2) is 24.8 Å². The molecule has 2 aromatic carbocycles. The predicted octanol–water partition coefficient (Wildman–Crippen LogP) is 3.92. The largest absolute Gasteiger partial charge is 0.494 e. The number of aromatic nitrogens is 2. The summed E-state index contributed by atoms with van der Waals surface area (Å²) in [7, 11) is -3.80. The molecule has 3 rings (SSSR count). The molecule has 0 spiro atoms. The second kappa shape index (κ2) is 7.98. The van der Waals surface area contributed by atoms with E-state index >= 15 is 0 Å². The smallest absolute Gasteiger partial charge is 0.263 e. The van der Waals surface area contributed by atoms with Gasteiger partial charge in [0.2, 0.25) is 0 Å². The Balaban J connectivity index is 1.74. The number of halogens is 2. The molecule has 1 aromatic heterocycles. The Morgan fingerprint density at radius 2 is 1.93 bits per heavy atom. The molecule has 1 heterocycles. The van der Waals surface area contributed by atoms with E-state index in [9.17, 15) is 12.8 Å². The number of hydrogen-bond acceptors (Lipinski definition) is 4. The molecule has 0 fully saturated rings. The Kier molecular flexibility index (Phi) is 5.67. The third-order valence-corrected chi connectivity index (χ3v) is 5.43. The van der Waals surface area contributed by atoms with Crippen molar-refractivity contribution in [2.45, 2.75) is 18.4 Å². The topological polar surface area (TPSA) is 73.2 Å². The zero-order valence-electron chi connectivity index (χ0n) is 14.4. The van der Waals surface area contributed by atoms with Crippen LogP contribution in [0.4, 0.5) is 10.2 Å². The second-order valence-corrected chi connectivity index (χ2v) is 7.70. The van der Waals surface area contributed by atoms with Crippen LogP contribution in [0.1, 0.15) is 12.5 Å². The van der Waals surface area contributed by atoms with Crippen molar-refractivity contribution in [3.63, 3.8) is 0 Å². The highest BCUT2D eigenvalue weighted by Crippen LogP contribution is 2.21. The van der Waals surface area contributed by atoms with E-state index in [2.05, 4.69) is 9.82 Å². The van der Waals surface area contributed by atoms with Crippen molar-refractivity contribution in [1.82, 2.24) is 9.78 Å². The molecule has 0 aliphatic carbocycles. The fourth-order valence-electron chi connectivity index (χ4n) is 2.43. The molecule has 27 heavy (non-hydrogen) atoms. The minimum atomic E-state index is -3.80. The summed E-state index contributed by atoms with van der Waals surface area (Å²) in [6.45, 7) is 2.42. The molecule has 0 saturated heterocycles. The third kappa shape index (κ3) is 4.58. The van der Waals surface area contributed by atoms with Crippen molar-refractivity contribution in [3.05, 3.63) is 71.1 Å². The van der Waals surface area contributed by atoms with E-state index in [0.29, 0.717) is 12.4 Å². The van der Waals surface area contributed by atoms with Crippen molar-refractivity contribution < 1.29 is 17.5 Å². The third-order valence-electron chi connectivity index (χ3n) is 3.71. The molecule has 3 aromatic rings. The quantitative estimate of drug-likeness (QED) is 0.641. The van der Waals surface area contributed by atoms with Crippen LogP contribution < -0.4 is 9.46 Å². The van der Waals surface area contributed by atoms with Gasteiger partial charge in [-0.1, -0.05) is 17.7 Å². The Hall–Kier alpha value is -2.58. The van der Waals surface area contributed by atoms with E-state index in [0.717, 1.165) is 0 Å². The van der Waals surface area contributed by atoms with Crippen LogP contribution in [-0.2, 0) is 16.6 Å². The number of hydrogen-bond donors (Lipinski definition) is 1. The average Bonchev–Trinajstić information content (AvgIpc) is 3.05. The average molecular weight is 410 g/mol. The van der Waals surface area contributed by atoms with Gasteiger partial charge in [-0.25, -0.2) is 12.8 Å². The molecule has 142 valence electrons. The summed E-state index contributed by atoms with van der Waals surface area (Å²) in [5, 5.41) is 4.40. The van der Waals surface area contributed by atoms with Gasteiger partial charge in [-0.15, -0.1) is 0 Å². The summed E-state index contributed by atoms with van der Waals surface area (Å²) in [6.07, 6.45) is 1.54. The zero-order chi connectivity index (χ0) is 19.4. The summed E-state index contributed by atoms with van der Waals surface area (Å²) in [6, 6.07) is 11.9. The minimum Gasteiger partial charge on any atom is -0.494 e. The van der Waals surface area contributed by atoms with Crippen molar-refractivity contribution in [3.8, 4) is 5.75 Å². The Labute approximate surface area is 161 Å². The number of nitrogens with zero attached hydrogens (tertiary/aromatic N) is 2. The molecule has 9 heteroatoms. The fraction of sp³-hybridized carbons (Fsp3) is 0.167. The van der Waals surface area contributed by atoms with Crippen LogP contribution in [0.2, 0.25) is 5.02 Å². The Morgan fingerprint density at radius 1 is 1.19 bits per heavy atom. The normalized spacial score (nSPS) is 11.4. The first-order valence-corrected chi connectivity index (χ1v) is 9.97. The van der Waals surface area contributed by atoms with E-state index in [1.54, 1.807) is 24.4 Å². The molecule has 0 aliphatic heterocycles. The van der Waals surface area contributed by atoms with Gasteiger partial charge in [0.1, 0.15) is 11.6 Å². The van der Waals surface area contributed by atoms with Gasteiger partial charge in [-0.05, 0) is 43.3 Å². The van der Waals surface area contributed by atoms with E-state index in [4.69, 9.17) is 16.3 Å². The van der Waals surface area contributed by atoms with Crippen molar-refractivity contribution in [2.24, 2.45) is 0 Å². The molecule has 1 N–H and O–H groups in total. The lowest BCUT2D eigenvalue weighted by Crippen LogP contribution is -2.14. The van der Waals surface area contributed by atoms with Crippen molar-refractivity contribution in [2.75, 3.05) is 11.3 Å². The van der Waals surface area contributed by atoms with E-state index < -0.39 is 15.8 Å². The number of sulfonamides is 1. The summed E-state index contributed by atoms with van der Waals surface area (Å²) in [5.41, 5.74) is 0.281. The van der Waals surface area contributed by atoms with E-state index in [1.165, 1.54) is 35.0 Å². The maximum Gasteiger partial charge on any atom is 0.263 e. The number of anilines is 1. The van der Waals surface area contributed by atoms with Crippen molar-refractivity contribution >= 4 is 27.4 Å². The highest BCUT2D eigenvalue weighted by Gasteiger charge is 2.16. The monoisotopic (exact) mass is 409 g/mol. The summed E-state index contributed by atoms with van der Waals surface area (Å²) < 4.78 is 47.9. The van der Waals surface area contributed by atoms with Gasteiger partial charge in [0.25, 0.3) is 10.0 Å². The van der Waals surface area contributed by atoms with Gasteiger partial charge in [0.05, 0.1) is 18.0 Å². The Bertz CT molecular complexity index is 1020. The van der Waals surface area contributed by atoms with E-state index in [-0.39, 0.29) is 27.8 Å². The molecule has 0 atom stereocenters. The predicted molar refractivity (Wildman–Crippen MR) is 101 cm³/mol. The van der Waals surface area contributed by atoms with Gasteiger partial charge in [0, 0.05) is 22.8 Å². The maximum absolute atomic E-state index is 13.9. The van der Waals surface area contributed by atoms with Gasteiger partial charge in [-0.3, -0.25) is 9.40 Å². The summed E-state index contributed by atoms with van der Waals surface area (Å²) in [4.78, 5) is 0.0812. The maximum atomic E-state index is 13.9. The summed E-state index contributed by atoms with van der Waals surface area (Å²) >= 11 is 6.01. The lowest BCUT2D eigenvalue weighted by molar-refractivity contribution is 0.340. The van der Waals surface area contributed by atoms with Crippen LogP contribution in [0.3, 0.4) is 0 Å². The van der Waals surface area contributed by atoms with Gasteiger partial charge in [-0.2, -0.15) is 5.10 Å². The zero-order valence-corrected chi connectivity index (χ0v) is 16.0. The molecule has 6 nitrogen and oxygen atoms in total. The van der Waals surface area contributed by atoms with Crippen molar-refractivity contribution in [1.29, 1.82) is 0 Å². The minimum absolute atomic E-state index is 0.0797. The van der Waals surface area contributed by atoms with Gasteiger partial charge >= 0.3 is 0 Å². The first-order valence-electron chi connectivity index (χ1n) is 8.11. The first-order chi connectivity index (χ1) is 12.9. The molecule has 0 bridgehead atoms. The Morgan fingerprint density at radius 3 is 2.59 bits per heavy atom. The molecule has 0 amide bonds. The number of benzene rings is 2. The lowest BCUT2D eigenvalue weighted by atomic mass is 10.2. The molecular formula is C18H17ClFN3O3S. The second-order valence-electron chi connectivity index (χ2n) is 5.61. The molecular weight excluding hydrogens is 393 g/mol. The first kappa shape index (κ1) is 19.2. The SMILES string of the molecule is CCOc1ccc(S(=O)(=O)Nc2ccn(Cc3c(F)cccc3Cl)n2)cc1. The molecule has 0 radical (unpaired) electrons. The number of nitrogens with one attached hydrogen (secondary N) is 1. The van der Waals surface area contributed by atoms with E-state index in [1.807, 2.05) is 6.92 Å². The van der Waals surface area contributed by atoms with Crippen LogP contribution in [0.25, 0.3) is 0 Å². The van der Waals surface area contributed by atoms with Gasteiger partial charge < -0.3 is 4.74 Å². The summed E-state index contributed by atoms with van der Waals surface area (Å²) in [5.74, 6) is 0.258. The molecule has 0 saturated carbocycles. The van der Waals surface area contributed by atoms with Crippen LogP contribution in [0.15, 0.2) is 59.6 Å². The highest BCUT2D eigenvalue weighted by molar-refractivity contribution is 7.92. The molecule has 0 unspecified atom stereocenters. The van der Waals surface area contributed by atoms with Crippen LogP contribution in [0.5, 0.6) is 5.75 Å². The molecule has 0 aliphatic rings.